The fourth-order valence-corrected chi connectivity index (χ4v) is 3.48. The van der Waals surface area contributed by atoms with Crippen molar-refractivity contribution in [2.45, 2.75) is 38.4 Å². The Kier molecular flexibility index (Phi) is 5.64. The fraction of sp³-hybridized carbons (Fsp3) is 0.318. The molecule has 28 heavy (non-hydrogen) atoms. The molecule has 1 aliphatic carbocycles. The van der Waals surface area contributed by atoms with Crippen LogP contribution in [0, 0.1) is 5.82 Å². The van der Waals surface area contributed by atoms with Gasteiger partial charge in [-0.2, -0.15) is 0 Å². The second-order valence-electron chi connectivity index (χ2n) is 7.34. The van der Waals surface area contributed by atoms with Crippen molar-refractivity contribution in [2.75, 3.05) is 11.9 Å². The number of nitrogens with zero attached hydrogens (tertiary/aromatic N) is 3. The number of aromatic nitrogens is 2. The molecule has 0 bridgehead atoms. The van der Waals surface area contributed by atoms with Crippen LogP contribution in [0.4, 0.5) is 10.1 Å². The molecule has 146 valence electrons. The van der Waals surface area contributed by atoms with Crippen LogP contribution < -0.4 is 10.2 Å². The highest BCUT2D eigenvalue weighted by Gasteiger charge is 2.18. The van der Waals surface area contributed by atoms with E-state index >= 15 is 0 Å². The average molecular weight is 399 g/mol. The Hall–Kier alpha value is -2.37. The third-order valence-corrected chi connectivity index (χ3v) is 5.51. The molecule has 1 aromatic heterocycles. The Labute approximate surface area is 170 Å². The third-order valence-electron chi connectivity index (χ3n) is 5.26. The fourth-order valence-electron chi connectivity index (χ4n) is 3.35. The summed E-state index contributed by atoms with van der Waals surface area (Å²) >= 11 is 6.05. The monoisotopic (exact) mass is 398 g/mol. The molecule has 0 radical (unpaired) electrons. The van der Waals surface area contributed by atoms with E-state index in [1.165, 1.54) is 31.4 Å². The van der Waals surface area contributed by atoms with Gasteiger partial charge in [-0.1, -0.05) is 18.0 Å². The van der Waals surface area contributed by atoms with Crippen LogP contribution in [0.15, 0.2) is 54.7 Å². The first-order chi connectivity index (χ1) is 13.6. The second kappa shape index (κ2) is 8.33. The minimum atomic E-state index is -0.232. The van der Waals surface area contributed by atoms with Crippen molar-refractivity contribution < 1.29 is 4.39 Å². The molecule has 0 spiro atoms. The third kappa shape index (κ3) is 4.37. The second-order valence-corrected chi connectivity index (χ2v) is 7.77. The molecule has 1 fully saturated rings. The van der Waals surface area contributed by atoms with E-state index in [2.05, 4.69) is 21.0 Å². The molecule has 4 rings (SSSR count). The molecule has 1 heterocycles. The lowest BCUT2D eigenvalue weighted by molar-refractivity contribution is 0.337. The predicted molar refractivity (Wildman–Crippen MR) is 112 cm³/mol. The van der Waals surface area contributed by atoms with Gasteiger partial charge in [0.25, 0.3) is 0 Å². The lowest BCUT2D eigenvalue weighted by atomic mass is 9.93. The van der Waals surface area contributed by atoms with Crippen LogP contribution in [0.2, 0.25) is 5.02 Å². The molecular weight excluding hydrogens is 375 g/mol. The van der Waals surface area contributed by atoms with Gasteiger partial charge in [0, 0.05) is 42.2 Å². The number of nitrogens with one attached hydrogen (secondary N) is 1. The van der Waals surface area contributed by atoms with E-state index in [1.54, 1.807) is 12.1 Å². The standard InChI is InChI=1S/C22H24ClFN4/c1-27(20-11-7-17(24)8-12-20)15-22-26-19(13-25-18-3-2-4-18)14-28(22)21-9-5-16(23)6-10-21/h5-12,14,18,25H,2-4,13,15H2,1H3. The first-order valence-corrected chi connectivity index (χ1v) is 9.99. The predicted octanol–water partition coefficient (Wildman–Crippen LogP) is 4.94. The zero-order valence-electron chi connectivity index (χ0n) is 15.9. The van der Waals surface area contributed by atoms with Crippen LogP contribution in [-0.4, -0.2) is 22.6 Å². The first kappa shape index (κ1) is 19.0. The number of imidazole rings is 1. The Bertz CT molecular complexity index is 917. The van der Waals surface area contributed by atoms with E-state index in [0.29, 0.717) is 17.6 Å². The summed E-state index contributed by atoms with van der Waals surface area (Å²) in [6.07, 6.45) is 5.89. The molecule has 0 saturated heterocycles. The molecule has 3 aromatic rings. The van der Waals surface area contributed by atoms with Crippen LogP contribution in [0.1, 0.15) is 30.8 Å². The number of halogens is 2. The summed E-state index contributed by atoms with van der Waals surface area (Å²) in [5, 5.41) is 4.28. The van der Waals surface area contributed by atoms with Crippen LogP contribution in [-0.2, 0) is 13.1 Å². The Balaban J connectivity index is 1.58. The summed E-state index contributed by atoms with van der Waals surface area (Å²) in [4.78, 5) is 6.94. The van der Waals surface area contributed by atoms with E-state index in [1.807, 2.05) is 31.3 Å². The summed E-state index contributed by atoms with van der Waals surface area (Å²) < 4.78 is 15.3. The molecule has 0 aliphatic heterocycles. The first-order valence-electron chi connectivity index (χ1n) is 9.61. The van der Waals surface area contributed by atoms with Gasteiger partial charge in [-0.3, -0.25) is 0 Å². The summed E-state index contributed by atoms with van der Waals surface area (Å²) in [5.41, 5.74) is 2.99. The topological polar surface area (TPSA) is 33.1 Å². The lowest BCUT2D eigenvalue weighted by Gasteiger charge is -2.26. The zero-order valence-corrected chi connectivity index (χ0v) is 16.7. The molecule has 1 saturated carbocycles. The van der Waals surface area contributed by atoms with E-state index in [4.69, 9.17) is 16.6 Å². The highest BCUT2D eigenvalue weighted by Crippen LogP contribution is 2.22. The molecule has 2 aromatic carbocycles. The molecule has 0 atom stereocenters. The summed E-state index contributed by atoms with van der Waals surface area (Å²) in [6.45, 7) is 1.37. The van der Waals surface area contributed by atoms with Crippen molar-refractivity contribution in [3.05, 3.63) is 77.1 Å². The average Bonchev–Trinajstić information content (AvgIpc) is 3.04. The van der Waals surface area contributed by atoms with E-state index < -0.39 is 0 Å². The van der Waals surface area contributed by atoms with Gasteiger partial charge in [0.05, 0.1) is 12.2 Å². The van der Waals surface area contributed by atoms with Gasteiger partial charge >= 0.3 is 0 Å². The maximum atomic E-state index is 13.2. The van der Waals surface area contributed by atoms with Gasteiger partial charge in [0.15, 0.2) is 0 Å². The van der Waals surface area contributed by atoms with Crippen molar-refractivity contribution in [1.82, 2.24) is 14.9 Å². The van der Waals surface area contributed by atoms with Gasteiger partial charge in [-0.05, 0) is 61.4 Å². The number of rotatable bonds is 7. The molecule has 0 amide bonds. The van der Waals surface area contributed by atoms with Crippen molar-refractivity contribution >= 4 is 17.3 Å². The van der Waals surface area contributed by atoms with Crippen LogP contribution in [0.25, 0.3) is 5.69 Å². The van der Waals surface area contributed by atoms with Crippen LogP contribution in [0.3, 0.4) is 0 Å². The highest BCUT2D eigenvalue weighted by atomic mass is 35.5. The van der Waals surface area contributed by atoms with E-state index in [9.17, 15) is 4.39 Å². The summed E-state index contributed by atoms with van der Waals surface area (Å²) in [5.74, 6) is 0.698. The number of anilines is 1. The normalized spacial score (nSPS) is 14.1. The highest BCUT2D eigenvalue weighted by molar-refractivity contribution is 6.30. The van der Waals surface area contributed by atoms with Gasteiger partial charge < -0.3 is 14.8 Å². The Morgan fingerprint density at radius 3 is 2.50 bits per heavy atom. The van der Waals surface area contributed by atoms with Crippen LogP contribution >= 0.6 is 11.6 Å². The van der Waals surface area contributed by atoms with Crippen LogP contribution in [0.5, 0.6) is 0 Å². The number of hydrogen-bond donors (Lipinski definition) is 1. The lowest BCUT2D eigenvalue weighted by Crippen LogP contribution is -2.34. The van der Waals surface area contributed by atoms with Crippen molar-refractivity contribution in [3.63, 3.8) is 0 Å². The largest absolute Gasteiger partial charge is 0.367 e. The molecule has 4 nitrogen and oxygen atoms in total. The Morgan fingerprint density at radius 1 is 1.14 bits per heavy atom. The van der Waals surface area contributed by atoms with Crippen molar-refractivity contribution in [3.8, 4) is 5.69 Å². The van der Waals surface area contributed by atoms with Gasteiger partial charge in [0.1, 0.15) is 11.6 Å². The molecule has 6 heteroatoms. The zero-order chi connectivity index (χ0) is 19.5. The maximum Gasteiger partial charge on any atom is 0.133 e. The van der Waals surface area contributed by atoms with E-state index in [-0.39, 0.29) is 5.82 Å². The minimum absolute atomic E-state index is 0.232. The van der Waals surface area contributed by atoms with Gasteiger partial charge in [-0.25, -0.2) is 9.37 Å². The maximum absolute atomic E-state index is 13.2. The quantitative estimate of drug-likeness (QED) is 0.611. The minimum Gasteiger partial charge on any atom is -0.367 e. The van der Waals surface area contributed by atoms with Crippen molar-refractivity contribution in [1.29, 1.82) is 0 Å². The number of hydrogen-bond acceptors (Lipinski definition) is 3. The number of benzene rings is 2. The van der Waals surface area contributed by atoms with E-state index in [0.717, 1.165) is 29.4 Å². The van der Waals surface area contributed by atoms with Crippen molar-refractivity contribution in [2.24, 2.45) is 0 Å². The van der Waals surface area contributed by atoms with Gasteiger partial charge in [-0.15, -0.1) is 0 Å². The molecule has 0 unspecified atom stereocenters. The summed E-state index contributed by atoms with van der Waals surface area (Å²) in [6, 6.07) is 14.9. The summed E-state index contributed by atoms with van der Waals surface area (Å²) in [7, 11) is 1.99. The smallest absolute Gasteiger partial charge is 0.133 e. The van der Waals surface area contributed by atoms with Gasteiger partial charge in [0.2, 0.25) is 0 Å². The molecular formula is C22H24ClFN4. The molecule has 1 N–H and O–H groups in total. The Morgan fingerprint density at radius 2 is 1.86 bits per heavy atom. The SMILES string of the molecule is CN(Cc1nc(CNC2CCC2)cn1-c1ccc(Cl)cc1)c1ccc(F)cc1. The molecule has 1 aliphatic rings.